The van der Waals surface area contributed by atoms with Gasteiger partial charge in [-0.1, -0.05) is 41.5 Å². The number of ether oxygens (including phenoxy) is 1. The van der Waals surface area contributed by atoms with Gasteiger partial charge in [0.05, 0.1) is 23.2 Å². The molecule has 2 heterocycles. The summed E-state index contributed by atoms with van der Waals surface area (Å²) in [6.45, 7) is 12.2. The van der Waals surface area contributed by atoms with E-state index in [1.54, 1.807) is 6.07 Å². The first-order chi connectivity index (χ1) is 15.3. The Morgan fingerprint density at radius 1 is 1.21 bits per heavy atom. The number of H-pyrrole nitrogens is 1. The Kier molecular flexibility index (Phi) is 6.50. The van der Waals surface area contributed by atoms with Gasteiger partial charge in [-0.25, -0.2) is 13.4 Å². The molecule has 2 aromatic rings. The molecule has 4 rings (SSSR count). The quantitative estimate of drug-likeness (QED) is 0.447. The number of nitrogens with two attached hydrogens (primary N) is 1. The van der Waals surface area contributed by atoms with Gasteiger partial charge in [-0.15, -0.1) is 0 Å². The minimum absolute atomic E-state index is 0.0503. The van der Waals surface area contributed by atoms with E-state index < -0.39 is 21.3 Å². The molecule has 9 heteroatoms. The third-order valence-electron chi connectivity index (χ3n) is 6.19. The number of hydrogen-bond donors (Lipinski definition) is 3. The molecule has 180 valence electrons. The second-order valence-corrected chi connectivity index (χ2v) is 12.1. The van der Waals surface area contributed by atoms with E-state index in [0.717, 1.165) is 22.9 Å². The topological polar surface area (TPSA) is 138 Å². The highest BCUT2D eigenvalue weighted by Crippen LogP contribution is 2.48. The zero-order valence-electron chi connectivity index (χ0n) is 20.2. The van der Waals surface area contributed by atoms with E-state index in [9.17, 15) is 13.2 Å². The molecule has 1 aliphatic carbocycles. The van der Waals surface area contributed by atoms with E-state index >= 15 is 0 Å². The molecule has 1 aliphatic heterocycles. The predicted octanol–water partition coefficient (Wildman–Crippen LogP) is 3.93. The first kappa shape index (κ1) is 25.0. The minimum atomic E-state index is -3.08. The summed E-state index contributed by atoms with van der Waals surface area (Å²) < 4.78 is 28.5. The molecule has 1 aromatic heterocycles. The summed E-state index contributed by atoms with van der Waals surface area (Å²) in [6, 6.07) is 4.72. The molecule has 0 saturated carbocycles. The number of hydrogen-bond acceptors (Lipinski definition) is 6. The van der Waals surface area contributed by atoms with Gasteiger partial charge in [0.15, 0.2) is 15.6 Å². The molecule has 33 heavy (non-hydrogen) atoms. The summed E-state index contributed by atoms with van der Waals surface area (Å²) in [6.07, 6.45) is 1.13. The maximum atomic E-state index is 13.0. The van der Waals surface area contributed by atoms with E-state index in [4.69, 9.17) is 15.9 Å². The molecule has 4 N–H and O–H groups in total. The lowest BCUT2D eigenvalue weighted by Crippen LogP contribution is -2.39. The minimum Gasteiger partial charge on any atom is -0.407 e. The maximum absolute atomic E-state index is 13.0. The van der Waals surface area contributed by atoms with E-state index in [2.05, 4.69) is 23.8 Å². The van der Waals surface area contributed by atoms with Gasteiger partial charge >= 0.3 is 0 Å². The van der Waals surface area contributed by atoms with Crippen LogP contribution in [-0.2, 0) is 20.0 Å². The van der Waals surface area contributed by atoms with Crippen molar-refractivity contribution in [2.24, 2.45) is 16.1 Å². The number of nitrogens with zero attached hydrogens (tertiary/aromatic N) is 1. The number of aliphatic imine (C=N–C) groups is 1. The third kappa shape index (κ3) is 4.83. The number of aromatic nitrogens is 1. The second-order valence-electron chi connectivity index (χ2n) is 9.86. The number of amidine groups is 1. The van der Waals surface area contributed by atoms with Crippen LogP contribution in [0, 0.1) is 10.8 Å². The first-order valence-corrected chi connectivity index (χ1v) is 13.1. The molecule has 1 fully saturated rings. The van der Waals surface area contributed by atoms with Gasteiger partial charge in [0.1, 0.15) is 0 Å². The third-order valence-corrected chi connectivity index (χ3v) is 7.94. The number of sulfone groups is 1. The summed E-state index contributed by atoms with van der Waals surface area (Å²) in [5.74, 6) is -0.0503. The van der Waals surface area contributed by atoms with Gasteiger partial charge in [-0.3, -0.25) is 10.2 Å². The van der Waals surface area contributed by atoms with Crippen molar-refractivity contribution in [3.05, 3.63) is 35.0 Å². The van der Waals surface area contributed by atoms with Gasteiger partial charge < -0.3 is 15.5 Å². The zero-order valence-corrected chi connectivity index (χ0v) is 21.0. The number of rotatable bonds is 2. The summed E-state index contributed by atoms with van der Waals surface area (Å²) in [4.78, 5) is 20.4. The van der Waals surface area contributed by atoms with Crippen molar-refractivity contribution >= 4 is 38.4 Å². The molecule has 0 radical (unpaired) electrons. The molecule has 1 atom stereocenters. The molecule has 1 aromatic carbocycles. The summed E-state index contributed by atoms with van der Waals surface area (Å²) in [7, 11) is -3.08. The van der Waals surface area contributed by atoms with Gasteiger partial charge in [0, 0.05) is 21.9 Å². The molecular formula is C24H34N4O4S. The second kappa shape index (κ2) is 8.59. The summed E-state index contributed by atoms with van der Waals surface area (Å²) in [5.41, 5.74) is 8.06. The van der Waals surface area contributed by atoms with Crippen LogP contribution in [-0.4, -0.2) is 48.7 Å². The smallest absolute Gasteiger partial charge is 0.289 e. The Hall–Kier alpha value is -2.68. The van der Waals surface area contributed by atoms with E-state index in [0.29, 0.717) is 17.7 Å². The Morgan fingerprint density at radius 2 is 1.88 bits per heavy atom. The Bertz CT molecular complexity index is 1240. The number of carbonyl (C=O) groups is 1. The molecule has 2 aliphatic rings. The number of carbonyl (C=O) groups excluding carboxylic acids is 1. The number of nitrogens with one attached hydrogen (secondary N) is 2. The fraction of sp³-hybridized carbons (Fsp3) is 0.542. The summed E-state index contributed by atoms with van der Waals surface area (Å²) in [5, 5.41) is 9.19. The largest absolute Gasteiger partial charge is 0.407 e. The molecule has 0 amide bonds. The molecule has 1 unspecified atom stereocenters. The summed E-state index contributed by atoms with van der Waals surface area (Å²) >= 11 is 0. The highest BCUT2D eigenvalue weighted by molar-refractivity contribution is 7.91. The van der Waals surface area contributed by atoms with Crippen molar-refractivity contribution < 1.29 is 17.9 Å². The van der Waals surface area contributed by atoms with Crippen molar-refractivity contribution in [1.29, 1.82) is 5.41 Å². The van der Waals surface area contributed by atoms with Crippen LogP contribution in [0.15, 0.2) is 23.2 Å². The van der Waals surface area contributed by atoms with Gasteiger partial charge in [-0.2, -0.15) is 0 Å². The Morgan fingerprint density at radius 3 is 2.48 bits per heavy atom. The van der Waals surface area contributed by atoms with E-state index in [-0.39, 0.29) is 34.6 Å². The average Bonchev–Trinajstić information content (AvgIpc) is 3.26. The molecular weight excluding hydrogens is 440 g/mol. The number of ketones is 1. The maximum Gasteiger partial charge on any atom is 0.289 e. The van der Waals surface area contributed by atoms with E-state index in [1.807, 2.05) is 39.8 Å². The van der Waals surface area contributed by atoms with Crippen LogP contribution in [0.3, 0.4) is 0 Å². The van der Waals surface area contributed by atoms with E-state index in [1.165, 1.54) is 0 Å². The predicted molar refractivity (Wildman–Crippen MR) is 132 cm³/mol. The lowest BCUT2D eigenvalue weighted by molar-refractivity contribution is 0.0760. The van der Waals surface area contributed by atoms with Gasteiger partial charge in [-0.05, 0) is 42.0 Å². The van der Waals surface area contributed by atoms with Crippen LogP contribution in [0.2, 0.25) is 0 Å². The monoisotopic (exact) mass is 474 g/mol. The van der Waals surface area contributed by atoms with Crippen LogP contribution in [0.4, 0.5) is 0 Å². The van der Waals surface area contributed by atoms with Crippen molar-refractivity contribution in [1.82, 2.24) is 4.98 Å². The highest BCUT2D eigenvalue weighted by atomic mass is 32.2. The molecule has 1 saturated heterocycles. The van der Waals surface area contributed by atoms with Crippen molar-refractivity contribution in [3.8, 4) is 0 Å². The zero-order chi connectivity index (χ0) is 24.8. The van der Waals surface area contributed by atoms with Crippen LogP contribution >= 0.6 is 0 Å². The first-order valence-electron chi connectivity index (χ1n) is 11.3. The lowest BCUT2D eigenvalue weighted by Gasteiger charge is -2.39. The highest BCUT2D eigenvalue weighted by Gasteiger charge is 2.45. The molecule has 0 bridgehead atoms. The molecule has 8 nitrogen and oxygen atoms in total. The Labute approximate surface area is 195 Å². The van der Waals surface area contributed by atoms with Crippen molar-refractivity contribution in [2.45, 2.75) is 65.8 Å². The molecule has 0 spiro atoms. The van der Waals surface area contributed by atoms with Crippen molar-refractivity contribution in [2.75, 3.05) is 11.5 Å². The fourth-order valence-electron chi connectivity index (χ4n) is 5.07. The number of aromatic amines is 1. The SMILES string of the molecule is CC.CC1(C)CC(C)(C)c2c([nH]c3ccc(C(=N)OC(N)=NC4CCS(=O)(=O)C4)cc23)C1=O. The van der Waals surface area contributed by atoms with Gasteiger partial charge in [0.25, 0.3) is 6.02 Å². The van der Waals surface area contributed by atoms with Gasteiger partial charge in [0.2, 0.25) is 5.90 Å². The van der Waals surface area contributed by atoms with Crippen LogP contribution in [0.25, 0.3) is 10.9 Å². The Balaban J connectivity index is 0.00000149. The van der Waals surface area contributed by atoms with Crippen molar-refractivity contribution in [3.63, 3.8) is 0 Å². The standard InChI is InChI=1S/C22H28N4O4S.C2H6/c1-21(2)11-22(3,4)18(27)17-16(21)14-9-12(5-6-15(14)26-17)19(23)30-20(24)25-13-7-8-31(28,29)10-13;1-2/h5-6,9,13,23,26H,7-8,10-11H2,1-4H3,(H2,24,25);1-2H3. The fourth-order valence-corrected chi connectivity index (χ4v) is 6.69. The average molecular weight is 475 g/mol. The number of fused-ring (bicyclic) bond motifs is 3. The lowest BCUT2D eigenvalue weighted by atomic mass is 9.63. The number of Topliss-reactive ketones (excluding diaryl/α,β-unsaturated/α-hetero) is 1. The van der Waals surface area contributed by atoms with Crippen LogP contribution in [0.1, 0.15) is 76.0 Å². The van der Waals surface area contributed by atoms with Crippen LogP contribution < -0.4 is 5.73 Å². The normalized spacial score (nSPS) is 22.9. The van der Waals surface area contributed by atoms with Crippen LogP contribution in [0.5, 0.6) is 0 Å². The number of benzene rings is 1.